The summed E-state index contributed by atoms with van der Waals surface area (Å²) in [5.74, 6) is -2.13. The minimum Gasteiger partial charge on any atom is -0.343 e. The molecule has 0 saturated carbocycles. The number of rotatable bonds is 6. The van der Waals surface area contributed by atoms with Crippen LogP contribution in [0.15, 0.2) is 60.7 Å². The van der Waals surface area contributed by atoms with Gasteiger partial charge >= 0.3 is 0 Å². The molecule has 2 heterocycles. The van der Waals surface area contributed by atoms with Gasteiger partial charge in [-0.05, 0) is 43.2 Å². The van der Waals surface area contributed by atoms with Gasteiger partial charge in [-0.1, -0.05) is 74.5 Å². The molecule has 5 amide bonds. The molecular weight excluding hydrogens is 546 g/mol. The first-order chi connectivity index (χ1) is 20.5. The van der Waals surface area contributed by atoms with E-state index in [0.29, 0.717) is 25.8 Å². The number of likely N-dealkylation sites (N-methyl/N-ethyl adjacent to an activating group) is 1. The first kappa shape index (κ1) is 31.7. The number of nitrogens with zero attached hydrogens (tertiary/aromatic N) is 2. The predicted molar refractivity (Wildman–Crippen MR) is 163 cm³/mol. The van der Waals surface area contributed by atoms with Crippen molar-refractivity contribution in [3.8, 4) is 0 Å². The summed E-state index contributed by atoms with van der Waals surface area (Å²) in [5.41, 5.74) is 1.69. The highest BCUT2D eigenvalue weighted by atomic mass is 16.2. The molecular formula is C33H43N5O5. The Kier molecular flexibility index (Phi) is 10.6. The van der Waals surface area contributed by atoms with Gasteiger partial charge in [0.2, 0.25) is 29.5 Å². The van der Waals surface area contributed by atoms with Gasteiger partial charge in [-0.3, -0.25) is 24.0 Å². The molecule has 2 aliphatic heterocycles. The fourth-order valence-corrected chi connectivity index (χ4v) is 5.86. The minimum atomic E-state index is -0.975. The van der Waals surface area contributed by atoms with Crippen LogP contribution in [-0.2, 0) is 36.8 Å². The summed E-state index contributed by atoms with van der Waals surface area (Å²) in [6.45, 7) is 5.86. The summed E-state index contributed by atoms with van der Waals surface area (Å²) in [5, 5.41) is 8.58. The van der Waals surface area contributed by atoms with Crippen molar-refractivity contribution in [3.63, 3.8) is 0 Å². The van der Waals surface area contributed by atoms with Crippen molar-refractivity contribution in [2.75, 3.05) is 13.6 Å². The van der Waals surface area contributed by atoms with Crippen LogP contribution in [0.4, 0.5) is 0 Å². The van der Waals surface area contributed by atoms with Gasteiger partial charge in [-0.15, -0.1) is 0 Å². The Morgan fingerprint density at radius 2 is 1.33 bits per heavy atom. The Labute approximate surface area is 253 Å². The van der Waals surface area contributed by atoms with Crippen molar-refractivity contribution >= 4 is 29.5 Å². The Bertz CT molecular complexity index is 1300. The van der Waals surface area contributed by atoms with Crippen molar-refractivity contribution in [1.82, 2.24) is 25.8 Å². The van der Waals surface area contributed by atoms with E-state index in [0.717, 1.165) is 11.1 Å². The van der Waals surface area contributed by atoms with Gasteiger partial charge in [-0.2, -0.15) is 0 Å². The normalized spacial score (nSPS) is 25.9. The highest BCUT2D eigenvalue weighted by Crippen LogP contribution is 2.21. The van der Waals surface area contributed by atoms with Crippen molar-refractivity contribution < 1.29 is 24.0 Å². The Hall–Kier alpha value is -4.21. The minimum absolute atomic E-state index is 0.0658. The van der Waals surface area contributed by atoms with Crippen LogP contribution in [0.3, 0.4) is 0 Å². The lowest BCUT2D eigenvalue weighted by Crippen LogP contribution is -2.58. The zero-order valence-electron chi connectivity index (χ0n) is 25.4. The smallest absolute Gasteiger partial charge is 0.245 e. The third kappa shape index (κ3) is 8.00. The van der Waals surface area contributed by atoms with E-state index in [4.69, 9.17) is 0 Å². The molecule has 2 aromatic carbocycles. The van der Waals surface area contributed by atoms with E-state index in [9.17, 15) is 24.0 Å². The first-order valence-corrected chi connectivity index (χ1v) is 15.1. The molecule has 10 nitrogen and oxygen atoms in total. The molecule has 2 fully saturated rings. The molecule has 10 heteroatoms. The average molecular weight is 590 g/mol. The number of benzene rings is 2. The lowest BCUT2D eigenvalue weighted by atomic mass is 9.99. The third-order valence-corrected chi connectivity index (χ3v) is 8.19. The topological polar surface area (TPSA) is 128 Å². The maximum Gasteiger partial charge on any atom is 0.245 e. The molecule has 0 aromatic heterocycles. The van der Waals surface area contributed by atoms with Gasteiger partial charge in [0.15, 0.2) is 0 Å². The van der Waals surface area contributed by atoms with Crippen LogP contribution in [-0.4, -0.2) is 83.1 Å². The van der Waals surface area contributed by atoms with Crippen LogP contribution in [0.1, 0.15) is 51.2 Å². The first-order valence-electron chi connectivity index (χ1n) is 15.1. The molecule has 2 aromatic rings. The highest BCUT2D eigenvalue weighted by molar-refractivity contribution is 5.98. The fourth-order valence-electron chi connectivity index (χ4n) is 5.86. The summed E-state index contributed by atoms with van der Waals surface area (Å²) in [7, 11) is 1.56. The summed E-state index contributed by atoms with van der Waals surface area (Å²) in [4.78, 5) is 71.6. The van der Waals surface area contributed by atoms with Crippen LogP contribution in [0.2, 0.25) is 0 Å². The number of nitrogens with one attached hydrogen (secondary N) is 3. The lowest BCUT2D eigenvalue weighted by molar-refractivity contribution is -0.143. The van der Waals surface area contributed by atoms with Gasteiger partial charge in [0.05, 0.1) is 0 Å². The number of hydrogen-bond donors (Lipinski definition) is 3. The summed E-state index contributed by atoms with van der Waals surface area (Å²) in [6, 6.07) is 14.2. The molecule has 4 rings (SSSR count). The van der Waals surface area contributed by atoms with E-state index >= 15 is 0 Å². The zero-order valence-corrected chi connectivity index (χ0v) is 25.4. The Morgan fingerprint density at radius 3 is 1.93 bits per heavy atom. The van der Waals surface area contributed by atoms with Gasteiger partial charge in [0.1, 0.15) is 30.2 Å². The Balaban J connectivity index is 1.75. The maximum absolute atomic E-state index is 14.2. The molecule has 0 bridgehead atoms. The molecule has 5 atom stereocenters. The predicted octanol–water partition coefficient (Wildman–Crippen LogP) is 1.82. The molecule has 2 saturated heterocycles. The van der Waals surface area contributed by atoms with E-state index in [1.165, 1.54) is 9.80 Å². The second-order valence-electron chi connectivity index (χ2n) is 12.0. The van der Waals surface area contributed by atoms with E-state index in [-0.39, 0.29) is 24.7 Å². The standard InChI is InChI=1S/C33H43N5O5/c1-21(2)18-25-29(39)34-22(3)32(42)38-17-11-16-27(38)30(40)36-26(19-23-12-7-5-8-13-23)33(43)37(4)28(31(41)35-25)20-24-14-9-6-10-15-24/h5-10,12-15,21-22,25-28H,11,16-20H2,1-4H3,(H,34,39)(H,35,41)(H,36,40). The number of hydrogen-bond acceptors (Lipinski definition) is 5. The van der Waals surface area contributed by atoms with Crippen molar-refractivity contribution in [1.29, 1.82) is 0 Å². The van der Waals surface area contributed by atoms with Crippen LogP contribution in [0.5, 0.6) is 0 Å². The van der Waals surface area contributed by atoms with Crippen LogP contribution >= 0.6 is 0 Å². The largest absolute Gasteiger partial charge is 0.343 e. The molecule has 230 valence electrons. The van der Waals surface area contributed by atoms with E-state index < -0.39 is 53.8 Å². The van der Waals surface area contributed by atoms with Crippen LogP contribution in [0, 0.1) is 5.92 Å². The molecule has 3 N–H and O–H groups in total. The molecule has 5 unspecified atom stereocenters. The zero-order chi connectivity index (χ0) is 31.1. The van der Waals surface area contributed by atoms with Crippen molar-refractivity contribution in [2.45, 2.75) is 83.1 Å². The molecule has 43 heavy (non-hydrogen) atoms. The lowest BCUT2D eigenvalue weighted by Gasteiger charge is -2.33. The van der Waals surface area contributed by atoms with E-state index in [1.807, 2.05) is 74.5 Å². The van der Waals surface area contributed by atoms with Gasteiger partial charge in [0.25, 0.3) is 0 Å². The Morgan fingerprint density at radius 1 is 0.744 bits per heavy atom. The quantitative estimate of drug-likeness (QED) is 0.474. The third-order valence-electron chi connectivity index (χ3n) is 8.19. The monoisotopic (exact) mass is 589 g/mol. The van der Waals surface area contributed by atoms with E-state index in [2.05, 4.69) is 16.0 Å². The van der Waals surface area contributed by atoms with Crippen LogP contribution < -0.4 is 16.0 Å². The number of carbonyl (C=O) groups excluding carboxylic acids is 5. The highest BCUT2D eigenvalue weighted by Gasteiger charge is 2.40. The van der Waals surface area contributed by atoms with Gasteiger partial charge in [0, 0.05) is 26.4 Å². The summed E-state index contributed by atoms with van der Waals surface area (Å²) < 4.78 is 0. The molecule has 0 spiro atoms. The molecule has 2 aliphatic rings. The number of carbonyl (C=O) groups is 5. The van der Waals surface area contributed by atoms with Gasteiger partial charge < -0.3 is 25.8 Å². The molecule has 0 aliphatic carbocycles. The second-order valence-corrected chi connectivity index (χ2v) is 12.0. The van der Waals surface area contributed by atoms with Crippen molar-refractivity contribution in [2.24, 2.45) is 5.92 Å². The van der Waals surface area contributed by atoms with Crippen molar-refractivity contribution in [3.05, 3.63) is 71.8 Å². The van der Waals surface area contributed by atoms with E-state index in [1.54, 1.807) is 14.0 Å². The van der Waals surface area contributed by atoms with Crippen LogP contribution in [0.25, 0.3) is 0 Å². The number of fused-ring (bicyclic) bond motifs is 1. The SMILES string of the molecule is CC(C)CC1NC(=O)C(Cc2ccccc2)N(C)C(=O)C(Cc2ccccc2)NC(=O)C2CCCN2C(=O)C(C)NC1=O. The fraction of sp³-hybridized carbons (Fsp3) is 0.485. The summed E-state index contributed by atoms with van der Waals surface area (Å²) in [6.07, 6.45) is 1.85. The maximum atomic E-state index is 14.2. The summed E-state index contributed by atoms with van der Waals surface area (Å²) >= 11 is 0. The number of amides is 5. The average Bonchev–Trinajstić information content (AvgIpc) is 3.48. The second kappa shape index (κ2) is 14.3. The molecule has 0 radical (unpaired) electrons. The van der Waals surface area contributed by atoms with Gasteiger partial charge in [-0.25, -0.2) is 0 Å².